The van der Waals surface area contributed by atoms with Crippen molar-refractivity contribution in [2.24, 2.45) is 5.41 Å². The second-order valence-corrected chi connectivity index (χ2v) is 6.83. The Kier molecular flexibility index (Phi) is 4.48. The highest BCUT2D eigenvalue weighted by molar-refractivity contribution is 5.29. The van der Waals surface area contributed by atoms with Crippen molar-refractivity contribution in [3.63, 3.8) is 0 Å². The van der Waals surface area contributed by atoms with E-state index in [4.69, 9.17) is 9.47 Å². The topological polar surface area (TPSA) is 60.4 Å². The highest BCUT2D eigenvalue weighted by Crippen LogP contribution is 2.42. The maximum absolute atomic E-state index is 13.0. The number of hydrogen-bond donors (Lipinski definition) is 0. The zero-order valence-corrected chi connectivity index (χ0v) is 14.0. The smallest absolute Gasteiger partial charge is 0.225 e. The van der Waals surface area contributed by atoms with Gasteiger partial charge in [0.15, 0.2) is 5.82 Å². The van der Waals surface area contributed by atoms with Crippen LogP contribution in [0.3, 0.4) is 0 Å². The lowest BCUT2D eigenvalue weighted by Crippen LogP contribution is -2.41. The third kappa shape index (κ3) is 3.71. The van der Waals surface area contributed by atoms with Gasteiger partial charge >= 0.3 is 0 Å². The lowest BCUT2D eigenvalue weighted by Gasteiger charge is -2.38. The summed E-state index contributed by atoms with van der Waals surface area (Å²) >= 11 is 0. The fraction of sp³-hybridized carbons (Fsp3) is 0.500. The Balaban J connectivity index is 1.29. The molecule has 4 heterocycles. The first kappa shape index (κ1) is 16.2. The van der Waals surface area contributed by atoms with Crippen LogP contribution in [-0.2, 0) is 4.74 Å². The quantitative estimate of drug-likeness (QED) is 0.849. The van der Waals surface area contributed by atoms with Gasteiger partial charge in [-0.05, 0) is 36.8 Å². The summed E-state index contributed by atoms with van der Waals surface area (Å²) in [5, 5.41) is 0. The third-order valence-electron chi connectivity index (χ3n) is 5.07. The molecule has 4 rings (SSSR count). The first-order valence-corrected chi connectivity index (χ1v) is 8.59. The zero-order valence-electron chi connectivity index (χ0n) is 14.0. The summed E-state index contributed by atoms with van der Waals surface area (Å²) < 4.78 is 24.7. The molecule has 2 fully saturated rings. The maximum atomic E-state index is 13.0. The van der Waals surface area contributed by atoms with Crippen LogP contribution in [0.1, 0.15) is 19.3 Å². The average Bonchev–Trinajstić information content (AvgIpc) is 3.05. The molecule has 2 aliphatic heterocycles. The van der Waals surface area contributed by atoms with E-state index < -0.39 is 5.82 Å². The Morgan fingerprint density at radius 1 is 1.24 bits per heavy atom. The molecule has 0 unspecified atom stereocenters. The van der Waals surface area contributed by atoms with Gasteiger partial charge in [-0.2, -0.15) is 0 Å². The van der Waals surface area contributed by atoms with Gasteiger partial charge in [-0.25, -0.2) is 14.4 Å². The lowest BCUT2D eigenvalue weighted by molar-refractivity contribution is 0.0577. The van der Waals surface area contributed by atoms with E-state index in [2.05, 4.69) is 19.9 Å². The minimum absolute atomic E-state index is 0.119. The zero-order chi connectivity index (χ0) is 17.1. The molecule has 0 bridgehead atoms. The molecule has 2 aromatic heterocycles. The van der Waals surface area contributed by atoms with Gasteiger partial charge in [0.25, 0.3) is 0 Å². The van der Waals surface area contributed by atoms with Gasteiger partial charge in [0.1, 0.15) is 12.4 Å². The summed E-state index contributed by atoms with van der Waals surface area (Å²) in [5.74, 6) is 0.972. The molecule has 0 saturated carbocycles. The van der Waals surface area contributed by atoms with Gasteiger partial charge in [-0.15, -0.1) is 0 Å². The summed E-state index contributed by atoms with van der Waals surface area (Å²) in [6.07, 6.45) is 9.06. The van der Waals surface area contributed by atoms with Crippen molar-refractivity contribution >= 4 is 5.95 Å². The number of hydrogen-bond acceptors (Lipinski definition) is 6. The van der Waals surface area contributed by atoms with Crippen LogP contribution in [0.25, 0.3) is 0 Å². The molecule has 7 heteroatoms. The van der Waals surface area contributed by atoms with E-state index in [0.717, 1.165) is 44.7 Å². The second-order valence-electron chi connectivity index (χ2n) is 6.83. The van der Waals surface area contributed by atoms with E-state index in [0.29, 0.717) is 12.6 Å². The Bertz CT molecular complexity index is 690. The van der Waals surface area contributed by atoms with Crippen molar-refractivity contribution in [3.8, 4) is 5.75 Å². The molecule has 25 heavy (non-hydrogen) atoms. The van der Waals surface area contributed by atoms with E-state index in [1.165, 1.54) is 12.4 Å². The maximum Gasteiger partial charge on any atom is 0.225 e. The van der Waals surface area contributed by atoms with Gasteiger partial charge in [-0.3, -0.25) is 4.98 Å². The summed E-state index contributed by atoms with van der Waals surface area (Å²) in [6, 6.07) is 3.76. The largest absolute Gasteiger partial charge is 0.489 e. The van der Waals surface area contributed by atoms with Gasteiger partial charge in [0, 0.05) is 19.3 Å². The number of piperidine rings is 1. The molecule has 0 N–H and O–H groups in total. The first-order chi connectivity index (χ1) is 12.2. The molecule has 0 radical (unpaired) electrons. The van der Waals surface area contributed by atoms with Crippen LogP contribution in [0, 0.1) is 11.2 Å². The number of aromatic nitrogens is 3. The first-order valence-electron chi connectivity index (χ1n) is 8.59. The molecule has 0 aromatic carbocycles. The van der Waals surface area contributed by atoms with Crippen LogP contribution < -0.4 is 9.64 Å². The Morgan fingerprint density at radius 3 is 2.76 bits per heavy atom. The number of rotatable bonds is 4. The fourth-order valence-electron chi connectivity index (χ4n) is 3.62. The van der Waals surface area contributed by atoms with Crippen molar-refractivity contribution < 1.29 is 13.9 Å². The van der Waals surface area contributed by atoms with Gasteiger partial charge < -0.3 is 14.4 Å². The number of anilines is 1. The minimum atomic E-state index is -0.405. The van der Waals surface area contributed by atoms with Crippen molar-refractivity contribution in [1.82, 2.24) is 15.0 Å². The van der Waals surface area contributed by atoms with E-state index in [9.17, 15) is 4.39 Å². The molecule has 1 atom stereocenters. The van der Waals surface area contributed by atoms with Crippen molar-refractivity contribution in [2.45, 2.75) is 25.4 Å². The normalized spacial score (nSPS) is 22.3. The molecule has 0 amide bonds. The summed E-state index contributed by atoms with van der Waals surface area (Å²) in [7, 11) is 0. The summed E-state index contributed by atoms with van der Waals surface area (Å²) in [4.78, 5) is 14.3. The standard InChI is InChI=1S/C18H21FN4O2/c19-14-9-21-17(22-10-14)23-6-3-18(4-7-23)8-16(25-13-18)12-24-15-2-1-5-20-11-15/h1-2,5,9-11,16H,3-4,6-8,12-13H2/t16-/m1/s1. The van der Waals surface area contributed by atoms with Crippen molar-refractivity contribution in [2.75, 3.05) is 31.2 Å². The Labute approximate surface area is 146 Å². The molecule has 2 aromatic rings. The van der Waals surface area contributed by atoms with E-state index in [-0.39, 0.29) is 11.5 Å². The molecule has 132 valence electrons. The van der Waals surface area contributed by atoms with Gasteiger partial charge in [-0.1, -0.05) is 0 Å². The monoisotopic (exact) mass is 344 g/mol. The number of ether oxygens (including phenoxy) is 2. The van der Waals surface area contributed by atoms with E-state index in [1.54, 1.807) is 12.4 Å². The van der Waals surface area contributed by atoms with E-state index >= 15 is 0 Å². The Hall–Kier alpha value is -2.28. The number of halogens is 1. The number of pyridine rings is 1. The number of nitrogens with zero attached hydrogens (tertiary/aromatic N) is 4. The summed E-state index contributed by atoms with van der Waals surface area (Å²) in [5.41, 5.74) is 0.208. The van der Waals surface area contributed by atoms with Crippen LogP contribution in [0.2, 0.25) is 0 Å². The highest BCUT2D eigenvalue weighted by atomic mass is 19.1. The van der Waals surface area contributed by atoms with Crippen LogP contribution >= 0.6 is 0 Å². The third-order valence-corrected chi connectivity index (χ3v) is 5.07. The van der Waals surface area contributed by atoms with Crippen LogP contribution in [0.4, 0.5) is 10.3 Å². The Morgan fingerprint density at radius 2 is 2.04 bits per heavy atom. The lowest BCUT2D eigenvalue weighted by atomic mass is 9.77. The molecule has 2 saturated heterocycles. The molecular weight excluding hydrogens is 323 g/mol. The van der Waals surface area contributed by atoms with Crippen LogP contribution in [0.5, 0.6) is 5.75 Å². The molecule has 6 nitrogen and oxygen atoms in total. The highest BCUT2D eigenvalue weighted by Gasteiger charge is 2.42. The van der Waals surface area contributed by atoms with Crippen molar-refractivity contribution in [3.05, 3.63) is 42.7 Å². The van der Waals surface area contributed by atoms with E-state index in [1.807, 2.05) is 12.1 Å². The van der Waals surface area contributed by atoms with Crippen molar-refractivity contribution in [1.29, 1.82) is 0 Å². The fourth-order valence-corrected chi connectivity index (χ4v) is 3.62. The predicted molar refractivity (Wildman–Crippen MR) is 90.0 cm³/mol. The summed E-state index contributed by atoms with van der Waals surface area (Å²) in [6.45, 7) is 3.06. The van der Waals surface area contributed by atoms with Crippen LogP contribution in [0.15, 0.2) is 36.9 Å². The predicted octanol–water partition coefficient (Wildman–Crippen LogP) is 2.47. The van der Waals surface area contributed by atoms with Crippen LogP contribution in [-0.4, -0.2) is 47.4 Å². The molecule has 0 aliphatic carbocycles. The SMILES string of the molecule is Fc1cnc(N2CCC3(CC2)CO[C@@H](COc2cccnc2)C3)nc1. The average molecular weight is 344 g/mol. The van der Waals surface area contributed by atoms with Gasteiger partial charge in [0.2, 0.25) is 5.95 Å². The molecule has 1 spiro atoms. The second kappa shape index (κ2) is 6.92. The molecule has 2 aliphatic rings. The van der Waals surface area contributed by atoms with Gasteiger partial charge in [0.05, 0.1) is 31.3 Å². The molecular formula is C18H21FN4O2. The minimum Gasteiger partial charge on any atom is -0.489 e.